The second-order valence-corrected chi connectivity index (χ2v) is 4.92. The maximum atomic E-state index is 14.0. The number of nitrogens with zero attached hydrogens (tertiary/aromatic N) is 2. The minimum Gasteiger partial charge on any atom is -0.378 e. The Morgan fingerprint density at radius 1 is 1.33 bits per heavy atom. The Morgan fingerprint density at radius 3 is 2.86 bits per heavy atom. The molecule has 21 heavy (non-hydrogen) atoms. The predicted molar refractivity (Wildman–Crippen MR) is 81.1 cm³/mol. The molecule has 0 saturated heterocycles. The molecule has 1 aromatic carbocycles. The molecule has 0 fully saturated rings. The number of nitrogens with one attached hydrogen (secondary N) is 1. The second kappa shape index (κ2) is 7.33. The first-order valence-corrected chi connectivity index (χ1v) is 7.04. The molecule has 1 N–H and O–H groups in total. The molecule has 2 aromatic rings. The van der Waals surface area contributed by atoms with E-state index in [-0.39, 0.29) is 11.4 Å². The molecular weight excluding hydrogens is 293 g/mol. The highest BCUT2D eigenvalue weighted by atomic mass is 35.5. The molecular formula is C15H17ClFN3O. The highest BCUT2D eigenvalue weighted by Gasteiger charge is 2.10. The number of aromatic nitrogens is 2. The molecule has 4 nitrogen and oxygen atoms in total. The summed E-state index contributed by atoms with van der Waals surface area (Å²) in [4.78, 5) is 8.77. The van der Waals surface area contributed by atoms with E-state index in [1.807, 2.05) is 13.0 Å². The maximum Gasteiger partial charge on any atom is 0.145 e. The Morgan fingerprint density at radius 2 is 2.14 bits per heavy atom. The molecule has 112 valence electrons. The van der Waals surface area contributed by atoms with E-state index in [4.69, 9.17) is 16.3 Å². The van der Waals surface area contributed by atoms with Crippen molar-refractivity contribution in [3.8, 4) is 0 Å². The van der Waals surface area contributed by atoms with Crippen LogP contribution in [0.4, 0.5) is 10.2 Å². The highest BCUT2D eigenvalue weighted by Crippen LogP contribution is 2.20. The van der Waals surface area contributed by atoms with Crippen molar-refractivity contribution in [1.29, 1.82) is 0 Å². The monoisotopic (exact) mass is 309 g/mol. The number of methoxy groups -OCH3 is 1. The van der Waals surface area contributed by atoms with Crippen LogP contribution in [-0.4, -0.2) is 23.6 Å². The van der Waals surface area contributed by atoms with E-state index in [9.17, 15) is 4.39 Å². The van der Waals surface area contributed by atoms with Gasteiger partial charge in [-0.15, -0.1) is 0 Å². The molecule has 0 saturated carbocycles. The Kier molecular flexibility index (Phi) is 5.47. The van der Waals surface area contributed by atoms with E-state index in [0.717, 1.165) is 12.2 Å². The van der Waals surface area contributed by atoms with Crippen LogP contribution in [0.15, 0.2) is 24.3 Å². The summed E-state index contributed by atoms with van der Waals surface area (Å²) in [6.45, 7) is 3.11. The fourth-order valence-corrected chi connectivity index (χ4v) is 2.17. The minimum atomic E-state index is -0.426. The van der Waals surface area contributed by atoms with E-state index >= 15 is 0 Å². The van der Waals surface area contributed by atoms with Crippen molar-refractivity contribution >= 4 is 17.4 Å². The largest absolute Gasteiger partial charge is 0.378 e. The topological polar surface area (TPSA) is 47.0 Å². The van der Waals surface area contributed by atoms with Crippen LogP contribution in [0.1, 0.15) is 24.0 Å². The van der Waals surface area contributed by atoms with E-state index < -0.39 is 5.82 Å². The number of hydrogen-bond donors (Lipinski definition) is 1. The summed E-state index contributed by atoms with van der Waals surface area (Å²) >= 11 is 5.79. The smallest absolute Gasteiger partial charge is 0.145 e. The number of anilines is 1. The van der Waals surface area contributed by atoms with Gasteiger partial charge in [-0.2, -0.15) is 0 Å². The summed E-state index contributed by atoms with van der Waals surface area (Å²) < 4.78 is 19.1. The van der Waals surface area contributed by atoms with Crippen molar-refractivity contribution in [2.75, 3.05) is 19.0 Å². The molecule has 0 aliphatic heterocycles. The van der Waals surface area contributed by atoms with Gasteiger partial charge in [-0.25, -0.2) is 14.4 Å². The van der Waals surface area contributed by atoms with Crippen molar-refractivity contribution < 1.29 is 9.13 Å². The molecule has 6 heteroatoms. The molecule has 1 aromatic heterocycles. The van der Waals surface area contributed by atoms with Gasteiger partial charge >= 0.3 is 0 Å². The lowest BCUT2D eigenvalue weighted by Crippen LogP contribution is -2.08. The molecule has 0 aliphatic carbocycles. The first-order chi connectivity index (χ1) is 10.1. The zero-order chi connectivity index (χ0) is 15.2. The van der Waals surface area contributed by atoms with Gasteiger partial charge in [0.25, 0.3) is 0 Å². The first kappa shape index (κ1) is 15.7. The van der Waals surface area contributed by atoms with Gasteiger partial charge in [0, 0.05) is 26.1 Å². The molecule has 1 heterocycles. The van der Waals surface area contributed by atoms with Gasteiger partial charge in [-0.1, -0.05) is 23.7 Å². The lowest BCUT2D eigenvalue weighted by atomic mass is 10.1. The lowest BCUT2D eigenvalue weighted by molar-refractivity contribution is 0.181. The minimum absolute atomic E-state index is 0.104. The first-order valence-electron chi connectivity index (χ1n) is 6.66. The Hall–Kier alpha value is -1.72. The summed E-state index contributed by atoms with van der Waals surface area (Å²) in [5, 5.41) is 3.24. The quantitative estimate of drug-likeness (QED) is 0.888. The second-order valence-electron chi connectivity index (χ2n) is 4.51. The molecule has 0 radical (unpaired) electrons. The van der Waals surface area contributed by atoms with Crippen LogP contribution < -0.4 is 5.32 Å². The molecule has 0 bridgehead atoms. The Labute approximate surface area is 128 Å². The average molecular weight is 310 g/mol. The van der Waals surface area contributed by atoms with Gasteiger partial charge in [0.1, 0.15) is 17.5 Å². The number of halogens is 2. The van der Waals surface area contributed by atoms with Gasteiger partial charge in [0.15, 0.2) is 0 Å². The van der Waals surface area contributed by atoms with Gasteiger partial charge in [-0.3, -0.25) is 0 Å². The van der Waals surface area contributed by atoms with Gasteiger partial charge < -0.3 is 10.1 Å². The van der Waals surface area contributed by atoms with E-state index in [1.165, 1.54) is 6.07 Å². The standard InChI is InChI=1S/C15H17ClFN3O/c1-3-18-13-8-11(9-21-2)19-14(20-13)7-10-5-4-6-12(16)15(10)17/h4-6,8H,3,7,9H2,1-2H3,(H,18,19,20). The third kappa shape index (κ3) is 4.12. The van der Waals surface area contributed by atoms with Crippen LogP contribution in [0.5, 0.6) is 0 Å². The highest BCUT2D eigenvalue weighted by molar-refractivity contribution is 6.30. The maximum absolute atomic E-state index is 14.0. The molecule has 0 aliphatic rings. The average Bonchev–Trinajstić information content (AvgIpc) is 2.44. The van der Waals surface area contributed by atoms with Crippen LogP contribution in [0.3, 0.4) is 0 Å². The number of hydrogen-bond acceptors (Lipinski definition) is 4. The SMILES string of the molecule is CCNc1cc(COC)nc(Cc2cccc(Cl)c2F)n1. The van der Waals surface area contributed by atoms with Crippen molar-refractivity contribution in [2.24, 2.45) is 0 Å². The third-order valence-electron chi connectivity index (χ3n) is 2.86. The zero-order valence-corrected chi connectivity index (χ0v) is 12.7. The van der Waals surface area contributed by atoms with Crippen molar-refractivity contribution in [3.05, 3.63) is 52.2 Å². The normalized spacial score (nSPS) is 10.7. The molecule has 0 unspecified atom stereocenters. The summed E-state index contributed by atoms with van der Waals surface area (Å²) in [5.74, 6) is 0.809. The van der Waals surface area contributed by atoms with Gasteiger partial charge in [-0.05, 0) is 18.6 Å². The Bertz CT molecular complexity index is 598. The van der Waals surface area contributed by atoms with Crippen molar-refractivity contribution in [1.82, 2.24) is 9.97 Å². The van der Waals surface area contributed by atoms with E-state index in [2.05, 4.69) is 15.3 Å². The molecule has 2 rings (SSSR count). The van der Waals surface area contributed by atoms with Gasteiger partial charge in [0.05, 0.1) is 17.3 Å². The van der Waals surface area contributed by atoms with E-state index in [1.54, 1.807) is 19.2 Å². The summed E-state index contributed by atoms with van der Waals surface area (Å²) in [6, 6.07) is 6.74. The van der Waals surface area contributed by atoms with Crippen molar-refractivity contribution in [3.63, 3.8) is 0 Å². The molecule has 0 atom stereocenters. The number of ether oxygens (including phenoxy) is 1. The predicted octanol–water partition coefficient (Wildman–Crippen LogP) is 3.44. The molecule has 0 amide bonds. The fraction of sp³-hybridized carbons (Fsp3) is 0.333. The van der Waals surface area contributed by atoms with Crippen LogP contribution in [-0.2, 0) is 17.8 Å². The number of benzene rings is 1. The van der Waals surface area contributed by atoms with Crippen molar-refractivity contribution in [2.45, 2.75) is 20.0 Å². The van der Waals surface area contributed by atoms with Crippen LogP contribution in [0.2, 0.25) is 5.02 Å². The van der Waals surface area contributed by atoms with Crippen LogP contribution >= 0.6 is 11.6 Å². The Balaban J connectivity index is 2.31. The van der Waals surface area contributed by atoms with Crippen LogP contribution in [0, 0.1) is 5.82 Å². The van der Waals surface area contributed by atoms with Gasteiger partial charge in [0.2, 0.25) is 0 Å². The van der Waals surface area contributed by atoms with Crippen LogP contribution in [0.25, 0.3) is 0 Å². The molecule has 0 spiro atoms. The summed E-state index contributed by atoms with van der Waals surface area (Å²) in [6.07, 6.45) is 0.280. The fourth-order valence-electron chi connectivity index (χ4n) is 1.98. The summed E-state index contributed by atoms with van der Waals surface area (Å²) in [5.41, 5.74) is 1.22. The number of rotatable bonds is 6. The zero-order valence-electron chi connectivity index (χ0n) is 12.0. The third-order valence-corrected chi connectivity index (χ3v) is 3.15. The van der Waals surface area contributed by atoms with E-state index in [0.29, 0.717) is 23.8 Å². The lowest BCUT2D eigenvalue weighted by Gasteiger charge is -2.09. The summed E-state index contributed by atoms with van der Waals surface area (Å²) in [7, 11) is 1.60.